The van der Waals surface area contributed by atoms with Crippen molar-refractivity contribution in [1.29, 1.82) is 0 Å². The lowest BCUT2D eigenvalue weighted by atomic mass is 10.3. The highest BCUT2D eigenvalue weighted by Crippen LogP contribution is 2.00. The predicted octanol–water partition coefficient (Wildman–Crippen LogP) is 4.14. The van der Waals surface area contributed by atoms with Gasteiger partial charge in [0.15, 0.2) is 0 Å². The molecule has 7 heteroatoms. The number of halogens is 5. The van der Waals surface area contributed by atoms with Gasteiger partial charge in [-0.2, -0.15) is 0 Å². The topological polar surface area (TPSA) is 6.48 Å². The van der Waals surface area contributed by atoms with Crippen LogP contribution in [0.2, 0.25) is 0 Å². The summed E-state index contributed by atoms with van der Waals surface area (Å²) in [7, 11) is 0. The molecule has 0 spiro atoms. The molecule has 0 rings (SSSR count). The number of hydrogen-bond acceptors (Lipinski definition) is 2. The fourth-order valence-corrected chi connectivity index (χ4v) is 3.67. The lowest BCUT2D eigenvalue weighted by molar-refractivity contribution is 0.256. The Bertz CT molecular complexity index is 134. The van der Waals surface area contributed by atoms with E-state index in [2.05, 4.69) is 73.5 Å². The molecule has 0 radical (unpaired) electrons. The van der Waals surface area contributed by atoms with E-state index in [-0.39, 0.29) is 17.0 Å². The van der Waals surface area contributed by atoms with Gasteiger partial charge in [0.25, 0.3) is 0 Å². The first kappa shape index (κ1) is 22.6. The minimum absolute atomic E-state index is 0. The molecule has 0 N–H and O–H groups in total. The van der Waals surface area contributed by atoms with E-state index >= 15 is 0 Å². The van der Waals surface area contributed by atoms with Gasteiger partial charge in [0.2, 0.25) is 0 Å². The SMILES string of the molecule is Br.BrCCN(CCBr)CCCN(CCBr)CCBr. The first-order valence-corrected chi connectivity index (χ1v) is 10.5. The van der Waals surface area contributed by atoms with Gasteiger partial charge in [-0.15, -0.1) is 17.0 Å². The average Bonchev–Trinajstić information content (AvgIpc) is 2.30. The highest BCUT2D eigenvalue weighted by Gasteiger charge is 2.06. The molecule has 0 aromatic heterocycles. The molecule has 0 saturated heterocycles. The van der Waals surface area contributed by atoms with Gasteiger partial charge in [-0.25, -0.2) is 0 Å². The van der Waals surface area contributed by atoms with Crippen molar-refractivity contribution in [2.24, 2.45) is 0 Å². The van der Waals surface area contributed by atoms with Crippen molar-refractivity contribution in [2.45, 2.75) is 6.42 Å². The van der Waals surface area contributed by atoms with Gasteiger partial charge in [-0.3, -0.25) is 0 Å². The van der Waals surface area contributed by atoms with E-state index in [0.29, 0.717) is 0 Å². The Morgan fingerprint density at radius 1 is 0.500 bits per heavy atom. The summed E-state index contributed by atoms with van der Waals surface area (Å²) in [6.07, 6.45) is 1.25. The van der Waals surface area contributed by atoms with Crippen LogP contribution in [0.1, 0.15) is 6.42 Å². The largest absolute Gasteiger partial charge is 0.302 e. The molecular formula is C11H23Br5N2. The first-order valence-electron chi connectivity index (χ1n) is 5.97. The van der Waals surface area contributed by atoms with Crippen molar-refractivity contribution in [2.75, 3.05) is 60.6 Å². The van der Waals surface area contributed by atoms with E-state index in [1.54, 1.807) is 0 Å². The summed E-state index contributed by atoms with van der Waals surface area (Å²) in [5.74, 6) is 0. The van der Waals surface area contributed by atoms with E-state index in [4.69, 9.17) is 0 Å². The van der Waals surface area contributed by atoms with Gasteiger partial charge in [-0.05, 0) is 19.5 Å². The molecule has 112 valence electrons. The fraction of sp³-hybridized carbons (Fsp3) is 1.00. The van der Waals surface area contributed by atoms with Crippen molar-refractivity contribution in [3.63, 3.8) is 0 Å². The molecule has 0 aliphatic rings. The van der Waals surface area contributed by atoms with Gasteiger partial charge in [0, 0.05) is 47.5 Å². The number of nitrogens with zero attached hydrogens (tertiary/aromatic N) is 2. The van der Waals surface area contributed by atoms with Crippen LogP contribution in [-0.4, -0.2) is 70.4 Å². The third-order valence-electron chi connectivity index (χ3n) is 2.55. The van der Waals surface area contributed by atoms with Gasteiger partial charge < -0.3 is 9.80 Å². The standard InChI is InChI=1S/C11H22Br4N2.BrH/c12-2-8-16(9-3-13)6-1-7-17(10-4-14)11-5-15;/h1-11H2;1H. The molecule has 0 fully saturated rings. The van der Waals surface area contributed by atoms with Gasteiger partial charge in [-0.1, -0.05) is 63.7 Å². The van der Waals surface area contributed by atoms with E-state index in [9.17, 15) is 0 Å². The zero-order chi connectivity index (χ0) is 12.9. The van der Waals surface area contributed by atoms with Crippen LogP contribution in [-0.2, 0) is 0 Å². The summed E-state index contributed by atoms with van der Waals surface area (Å²) in [6, 6.07) is 0. The third-order valence-corrected chi connectivity index (χ3v) is 3.97. The Labute approximate surface area is 156 Å². The van der Waals surface area contributed by atoms with Crippen LogP contribution in [0.25, 0.3) is 0 Å². The Kier molecular flexibility index (Phi) is 21.8. The maximum Gasteiger partial charge on any atom is 0.0159 e. The van der Waals surface area contributed by atoms with Crippen LogP contribution in [0.4, 0.5) is 0 Å². The molecule has 18 heavy (non-hydrogen) atoms. The summed E-state index contributed by atoms with van der Waals surface area (Å²) >= 11 is 14.0. The van der Waals surface area contributed by atoms with Crippen molar-refractivity contribution in [1.82, 2.24) is 9.80 Å². The Morgan fingerprint density at radius 3 is 1.00 bits per heavy atom. The number of alkyl halides is 4. The van der Waals surface area contributed by atoms with Crippen molar-refractivity contribution >= 4 is 80.7 Å². The van der Waals surface area contributed by atoms with Crippen LogP contribution in [0.3, 0.4) is 0 Å². The summed E-state index contributed by atoms with van der Waals surface area (Å²) in [5.41, 5.74) is 0. The van der Waals surface area contributed by atoms with Gasteiger partial charge in [0.05, 0.1) is 0 Å². The summed E-state index contributed by atoms with van der Waals surface area (Å²) in [5, 5.41) is 4.25. The first-order chi connectivity index (χ1) is 8.28. The smallest absolute Gasteiger partial charge is 0.0159 e. The highest BCUT2D eigenvalue weighted by molar-refractivity contribution is 9.09. The van der Waals surface area contributed by atoms with Crippen molar-refractivity contribution in [3.8, 4) is 0 Å². The van der Waals surface area contributed by atoms with Crippen LogP contribution in [0.15, 0.2) is 0 Å². The van der Waals surface area contributed by atoms with Crippen LogP contribution in [0, 0.1) is 0 Å². The molecular weight excluding hydrogens is 560 g/mol. The summed E-state index contributed by atoms with van der Waals surface area (Å²) < 4.78 is 0. The second-order valence-electron chi connectivity index (χ2n) is 3.79. The quantitative estimate of drug-likeness (QED) is 0.320. The highest BCUT2D eigenvalue weighted by atomic mass is 79.9. The second kappa shape index (κ2) is 17.4. The van der Waals surface area contributed by atoms with Gasteiger partial charge in [0.1, 0.15) is 0 Å². The lowest BCUT2D eigenvalue weighted by Gasteiger charge is -2.24. The Morgan fingerprint density at radius 2 is 0.778 bits per heavy atom. The minimum Gasteiger partial charge on any atom is -0.302 e. The molecule has 0 aliphatic carbocycles. The molecule has 0 saturated carbocycles. The monoisotopic (exact) mass is 578 g/mol. The van der Waals surface area contributed by atoms with E-state index in [1.807, 2.05) is 0 Å². The van der Waals surface area contributed by atoms with Crippen LogP contribution in [0.5, 0.6) is 0 Å². The van der Waals surface area contributed by atoms with Crippen molar-refractivity contribution < 1.29 is 0 Å². The lowest BCUT2D eigenvalue weighted by Crippen LogP contribution is -2.34. The molecule has 0 bridgehead atoms. The number of rotatable bonds is 12. The maximum atomic E-state index is 3.51. The van der Waals surface area contributed by atoms with E-state index in [0.717, 1.165) is 47.5 Å². The predicted molar refractivity (Wildman–Crippen MR) is 103 cm³/mol. The molecule has 2 nitrogen and oxygen atoms in total. The normalized spacial score (nSPS) is 11.0. The van der Waals surface area contributed by atoms with Crippen LogP contribution < -0.4 is 0 Å². The molecule has 0 aromatic rings. The fourth-order valence-electron chi connectivity index (χ4n) is 1.67. The maximum absolute atomic E-state index is 3.51. The number of hydrogen-bond donors (Lipinski definition) is 0. The Balaban J connectivity index is 0. The molecule has 0 heterocycles. The van der Waals surface area contributed by atoms with Crippen molar-refractivity contribution in [3.05, 3.63) is 0 Å². The minimum atomic E-state index is 0. The molecule has 0 aromatic carbocycles. The zero-order valence-corrected chi connectivity index (χ0v) is 18.6. The summed E-state index contributed by atoms with van der Waals surface area (Å²) in [6.45, 7) is 6.95. The second-order valence-corrected chi connectivity index (χ2v) is 6.96. The average molecular weight is 583 g/mol. The Hall–Kier alpha value is 2.32. The summed E-state index contributed by atoms with van der Waals surface area (Å²) in [4.78, 5) is 5.01. The molecule has 0 aliphatic heterocycles. The van der Waals surface area contributed by atoms with Crippen LogP contribution >= 0.6 is 80.7 Å². The third kappa shape index (κ3) is 13.3. The van der Waals surface area contributed by atoms with Gasteiger partial charge >= 0.3 is 0 Å². The molecule has 0 unspecified atom stereocenters. The van der Waals surface area contributed by atoms with E-state index in [1.165, 1.54) is 19.5 Å². The zero-order valence-electron chi connectivity index (χ0n) is 10.6. The van der Waals surface area contributed by atoms with E-state index < -0.39 is 0 Å². The molecule has 0 amide bonds. The molecule has 0 atom stereocenters.